The van der Waals surface area contributed by atoms with E-state index in [1.54, 1.807) is 0 Å². The van der Waals surface area contributed by atoms with Gasteiger partial charge in [-0.15, -0.1) is 0 Å². The average molecular weight is 415 g/mol. The summed E-state index contributed by atoms with van der Waals surface area (Å²) in [6.07, 6.45) is 0. The molecule has 0 radical (unpaired) electrons. The van der Waals surface area contributed by atoms with Gasteiger partial charge in [0.2, 0.25) is 0 Å². The van der Waals surface area contributed by atoms with E-state index in [0.29, 0.717) is 5.75 Å². The molecule has 0 fully saturated rings. The lowest BCUT2D eigenvalue weighted by molar-refractivity contribution is 0.446. The number of para-hydroxylation sites is 1. The summed E-state index contributed by atoms with van der Waals surface area (Å²) in [6.45, 7) is 13.0. The molecule has 138 valence electrons. The Labute approximate surface area is 164 Å². The van der Waals surface area contributed by atoms with Crippen molar-refractivity contribution in [3.63, 3.8) is 0 Å². The Bertz CT molecular complexity index is 988. The molecule has 0 unspecified atom stereocenters. The number of phenols is 1. The first-order chi connectivity index (χ1) is 11.9. The molecule has 2 aromatic carbocycles. The normalized spacial score (nSPS) is 12.8. The Morgan fingerprint density at radius 1 is 1.00 bits per heavy atom. The van der Waals surface area contributed by atoms with Crippen LogP contribution in [0.4, 0.5) is 0 Å². The Hall–Kier alpha value is -1.81. The third-order valence-corrected chi connectivity index (χ3v) is 5.53. The number of hydrogen-bond donors (Lipinski definition) is 1. The first kappa shape index (κ1) is 19.0. The molecule has 1 aromatic heterocycles. The SMILES string of the molecule is Cn1c(-c2cc(C(C)(C)C)cc(C(C)(C)C)c2O)nc2c(Br)cccc21. The van der Waals surface area contributed by atoms with E-state index in [0.717, 1.165) is 32.5 Å². The molecule has 1 heterocycles. The second-order valence-electron chi connectivity index (χ2n) is 9.02. The van der Waals surface area contributed by atoms with Crippen LogP contribution in [-0.2, 0) is 17.9 Å². The van der Waals surface area contributed by atoms with E-state index in [1.165, 1.54) is 5.56 Å². The zero-order valence-electron chi connectivity index (χ0n) is 16.6. The second kappa shape index (κ2) is 6.12. The Balaban J connectivity index is 2.38. The minimum Gasteiger partial charge on any atom is -0.507 e. The lowest BCUT2D eigenvalue weighted by atomic mass is 9.79. The number of fused-ring (bicyclic) bond motifs is 1. The number of nitrogens with zero attached hydrogens (tertiary/aromatic N) is 2. The molecule has 3 aromatic rings. The van der Waals surface area contributed by atoms with Gasteiger partial charge >= 0.3 is 0 Å². The van der Waals surface area contributed by atoms with E-state index in [-0.39, 0.29) is 10.8 Å². The van der Waals surface area contributed by atoms with Crippen LogP contribution in [0.3, 0.4) is 0 Å². The first-order valence-electron chi connectivity index (χ1n) is 8.90. The third-order valence-electron chi connectivity index (χ3n) is 4.89. The maximum absolute atomic E-state index is 11.1. The van der Waals surface area contributed by atoms with Crippen molar-refractivity contribution < 1.29 is 5.11 Å². The lowest BCUT2D eigenvalue weighted by Gasteiger charge is -2.27. The molecule has 0 aliphatic rings. The Morgan fingerprint density at radius 2 is 1.65 bits per heavy atom. The van der Waals surface area contributed by atoms with Gasteiger partial charge in [0.1, 0.15) is 17.1 Å². The van der Waals surface area contributed by atoms with Gasteiger partial charge in [0.05, 0.1) is 11.1 Å². The molecular weight excluding hydrogens is 388 g/mol. The molecule has 0 saturated heterocycles. The van der Waals surface area contributed by atoms with Crippen LogP contribution in [0.1, 0.15) is 52.7 Å². The zero-order valence-corrected chi connectivity index (χ0v) is 18.2. The number of rotatable bonds is 1. The first-order valence-corrected chi connectivity index (χ1v) is 9.70. The van der Waals surface area contributed by atoms with Crippen LogP contribution in [-0.4, -0.2) is 14.7 Å². The monoisotopic (exact) mass is 414 g/mol. The van der Waals surface area contributed by atoms with Crippen molar-refractivity contribution in [3.8, 4) is 17.1 Å². The van der Waals surface area contributed by atoms with Crippen LogP contribution in [0.15, 0.2) is 34.8 Å². The van der Waals surface area contributed by atoms with E-state index >= 15 is 0 Å². The highest BCUT2D eigenvalue weighted by atomic mass is 79.9. The van der Waals surface area contributed by atoms with Gasteiger partial charge < -0.3 is 9.67 Å². The summed E-state index contributed by atoms with van der Waals surface area (Å²) in [5.41, 5.74) is 4.69. The van der Waals surface area contributed by atoms with Crippen LogP contribution in [0.2, 0.25) is 0 Å². The molecule has 0 aliphatic heterocycles. The van der Waals surface area contributed by atoms with E-state index in [2.05, 4.69) is 69.6 Å². The van der Waals surface area contributed by atoms with Gasteiger partial charge in [-0.2, -0.15) is 0 Å². The molecule has 4 heteroatoms. The number of aromatic nitrogens is 2. The molecule has 26 heavy (non-hydrogen) atoms. The van der Waals surface area contributed by atoms with Gasteiger partial charge in [-0.25, -0.2) is 4.98 Å². The average Bonchev–Trinajstić information content (AvgIpc) is 2.84. The standard InChI is InChI=1S/C22H27BrN2O/c1-21(2,3)13-11-14(19(26)15(12-13)22(4,5)6)20-24-18-16(23)9-8-10-17(18)25(20)7/h8-12,26H,1-7H3. The number of hydrogen-bond acceptors (Lipinski definition) is 2. The summed E-state index contributed by atoms with van der Waals surface area (Å²) in [5, 5.41) is 11.1. The molecule has 0 bridgehead atoms. The molecular formula is C22H27BrN2O. The highest BCUT2D eigenvalue weighted by molar-refractivity contribution is 9.10. The molecule has 0 aliphatic carbocycles. The number of imidazole rings is 1. The van der Waals surface area contributed by atoms with Crippen LogP contribution in [0.5, 0.6) is 5.75 Å². The molecule has 3 nitrogen and oxygen atoms in total. The topological polar surface area (TPSA) is 38.0 Å². The van der Waals surface area contributed by atoms with E-state index < -0.39 is 0 Å². The molecule has 1 N–H and O–H groups in total. The second-order valence-corrected chi connectivity index (χ2v) is 9.88. The van der Waals surface area contributed by atoms with Crippen LogP contribution in [0.25, 0.3) is 22.4 Å². The van der Waals surface area contributed by atoms with Crippen LogP contribution < -0.4 is 0 Å². The largest absolute Gasteiger partial charge is 0.507 e. The fourth-order valence-electron chi connectivity index (χ4n) is 3.23. The lowest BCUT2D eigenvalue weighted by Crippen LogP contribution is -2.17. The van der Waals surface area contributed by atoms with Crippen molar-refractivity contribution in [2.75, 3.05) is 0 Å². The van der Waals surface area contributed by atoms with Gasteiger partial charge in [-0.1, -0.05) is 53.7 Å². The van der Waals surface area contributed by atoms with Gasteiger partial charge in [-0.05, 0) is 50.5 Å². The Kier molecular flexibility index (Phi) is 4.47. The fraction of sp³-hybridized carbons (Fsp3) is 0.409. The summed E-state index contributed by atoms with van der Waals surface area (Å²) < 4.78 is 3.01. The summed E-state index contributed by atoms with van der Waals surface area (Å²) >= 11 is 3.59. The zero-order chi connectivity index (χ0) is 19.4. The van der Waals surface area contributed by atoms with Crippen molar-refractivity contribution >= 4 is 27.0 Å². The molecule has 3 rings (SSSR count). The van der Waals surface area contributed by atoms with Gasteiger partial charge in [0.15, 0.2) is 0 Å². The predicted molar refractivity (Wildman–Crippen MR) is 113 cm³/mol. The minimum absolute atomic E-state index is 0.0202. The number of benzene rings is 2. The maximum atomic E-state index is 11.1. The quantitative estimate of drug-likeness (QED) is 0.506. The molecule has 0 saturated carbocycles. The smallest absolute Gasteiger partial charge is 0.144 e. The number of aryl methyl sites for hydroxylation is 1. The van der Waals surface area contributed by atoms with Crippen molar-refractivity contribution in [2.24, 2.45) is 7.05 Å². The highest BCUT2D eigenvalue weighted by Gasteiger charge is 2.27. The summed E-state index contributed by atoms with van der Waals surface area (Å²) in [7, 11) is 2.00. The van der Waals surface area contributed by atoms with Gasteiger partial charge in [-0.3, -0.25) is 0 Å². The number of phenolic OH excluding ortho intramolecular Hbond substituents is 1. The minimum atomic E-state index is -0.161. The Morgan fingerprint density at radius 3 is 2.19 bits per heavy atom. The number of aromatic hydroxyl groups is 1. The van der Waals surface area contributed by atoms with Crippen molar-refractivity contribution in [1.82, 2.24) is 9.55 Å². The number of halogens is 1. The van der Waals surface area contributed by atoms with Crippen molar-refractivity contribution in [1.29, 1.82) is 0 Å². The molecule has 0 amide bonds. The highest BCUT2D eigenvalue weighted by Crippen LogP contribution is 2.42. The van der Waals surface area contributed by atoms with Crippen LogP contribution >= 0.6 is 15.9 Å². The predicted octanol–water partition coefficient (Wildman–Crippen LogP) is 6.30. The van der Waals surface area contributed by atoms with E-state index in [1.807, 2.05) is 29.8 Å². The van der Waals surface area contributed by atoms with E-state index in [4.69, 9.17) is 4.98 Å². The molecule has 0 spiro atoms. The summed E-state index contributed by atoms with van der Waals surface area (Å²) in [6, 6.07) is 10.3. The molecule has 0 atom stereocenters. The summed E-state index contributed by atoms with van der Waals surface area (Å²) in [5.74, 6) is 1.10. The van der Waals surface area contributed by atoms with Gasteiger partial charge in [0.25, 0.3) is 0 Å². The van der Waals surface area contributed by atoms with Crippen LogP contribution in [0, 0.1) is 0 Å². The fourth-order valence-corrected chi connectivity index (χ4v) is 3.68. The third kappa shape index (κ3) is 3.16. The van der Waals surface area contributed by atoms with Crippen molar-refractivity contribution in [3.05, 3.63) is 45.9 Å². The maximum Gasteiger partial charge on any atom is 0.144 e. The summed E-state index contributed by atoms with van der Waals surface area (Å²) in [4.78, 5) is 4.85. The van der Waals surface area contributed by atoms with E-state index in [9.17, 15) is 5.11 Å². The van der Waals surface area contributed by atoms with Gasteiger partial charge in [0, 0.05) is 17.1 Å². The van der Waals surface area contributed by atoms with Crippen molar-refractivity contribution in [2.45, 2.75) is 52.4 Å².